The number of nitrogens with zero attached hydrogens (tertiary/aromatic N) is 1. The second-order valence-electron chi connectivity index (χ2n) is 7.22. The van der Waals surface area contributed by atoms with Crippen LogP contribution in [-0.4, -0.2) is 50.2 Å². The summed E-state index contributed by atoms with van der Waals surface area (Å²) >= 11 is 1.64. The van der Waals surface area contributed by atoms with Crippen molar-refractivity contribution < 1.29 is 19.1 Å². The molecule has 1 aromatic carbocycles. The molecule has 8 heteroatoms. The molecular formula is C21H27N3O4S. The molecule has 0 saturated carbocycles. The number of carbonyl (C=O) groups excluding carboxylic acids is 2. The smallest absolute Gasteiger partial charge is 0.321 e. The third-order valence-electron chi connectivity index (χ3n) is 4.81. The largest absolute Gasteiger partial charge is 0.493 e. The first kappa shape index (κ1) is 21.1. The number of imide groups is 1. The number of amides is 3. The fourth-order valence-corrected chi connectivity index (χ4v) is 4.47. The molecule has 29 heavy (non-hydrogen) atoms. The number of carbonyl (C=O) groups is 2. The SMILES string of the molecule is COc1cc2c(cc1OC)[C@H](c1cccs1)N(CC(=O)NC(=O)NC(C)C)CC2. The first-order chi connectivity index (χ1) is 13.9. The minimum atomic E-state index is -0.471. The average Bonchev–Trinajstić information content (AvgIpc) is 3.20. The molecule has 1 aliphatic rings. The molecular weight excluding hydrogens is 390 g/mol. The zero-order chi connectivity index (χ0) is 21.0. The number of benzene rings is 1. The predicted octanol–water partition coefficient (Wildman–Crippen LogP) is 2.95. The number of hydrogen-bond donors (Lipinski definition) is 2. The highest BCUT2D eigenvalue weighted by Crippen LogP contribution is 2.41. The van der Waals surface area contributed by atoms with Gasteiger partial charge in [-0.1, -0.05) is 6.07 Å². The summed E-state index contributed by atoms with van der Waals surface area (Å²) < 4.78 is 11.0. The lowest BCUT2D eigenvalue weighted by Crippen LogP contribution is -2.48. The van der Waals surface area contributed by atoms with Crippen molar-refractivity contribution in [2.45, 2.75) is 32.4 Å². The summed E-state index contributed by atoms with van der Waals surface area (Å²) in [6.07, 6.45) is 0.781. The predicted molar refractivity (Wildman–Crippen MR) is 113 cm³/mol. The van der Waals surface area contributed by atoms with Crippen LogP contribution in [0, 0.1) is 0 Å². The van der Waals surface area contributed by atoms with E-state index in [9.17, 15) is 9.59 Å². The van der Waals surface area contributed by atoms with E-state index in [0.29, 0.717) is 18.0 Å². The van der Waals surface area contributed by atoms with Gasteiger partial charge < -0.3 is 14.8 Å². The van der Waals surface area contributed by atoms with Crippen molar-refractivity contribution >= 4 is 23.3 Å². The second-order valence-corrected chi connectivity index (χ2v) is 8.20. The molecule has 1 atom stereocenters. The van der Waals surface area contributed by atoms with Crippen LogP contribution in [0.2, 0.25) is 0 Å². The van der Waals surface area contributed by atoms with Gasteiger partial charge in [0.1, 0.15) is 0 Å². The average molecular weight is 418 g/mol. The monoisotopic (exact) mass is 417 g/mol. The van der Waals surface area contributed by atoms with Gasteiger partial charge in [-0.2, -0.15) is 0 Å². The van der Waals surface area contributed by atoms with E-state index in [4.69, 9.17) is 9.47 Å². The number of methoxy groups -OCH3 is 2. The molecule has 0 aliphatic carbocycles. The molecule has 156 valence electrons. The van der Waals surface area contributed by atoms with E-state index in [-0.39, 0.29) is 24.5 Å². The maximum Gasteiger partial charge on any atom is 0.321 e. The van der Waals surface area contributed by atoms with Crippen molar-refractivity contribution in [3.63, 3.8) is 0 Å². The summed E-state index contributed by atoms with van der Waals surface area (Å²) in [5, 5.41) is 7.12. The third-order valence-corrected chi connectivity index (χ3v) is 5.73. The number of hydrogen-bond acceptors (Lipinski definition) is 6. The Morgan fingerprint density at radius 2 is 1.97 bits per heavy atom. The van der Waals surface area contributed by atoms with Crippen LogP contribution < -0.4 is 20.1 Å². The number of nitrogens with one attached hydrogen (secondary N) is 2. The van der Waals surface area contributed by atoms with Gasteiger partial charge in [0.15, 0.2) is 11.5 Å². The van der Waals surface area contributed by atoms with Gasteiger partial charge in [-0.3, -0.25) is 15.0 Å². The fraction of sp³-hybridized carbons (Fsp3) is 0.429. The minimum absolute atomic E-state index is 0.0361. The normalized spacial score (nSPS) is 16.2. The summed E-state index contributed by atoms with van der Waals surface area (Å²) in [5.41, 5.74) is 2.27. The highest BCUT2D eigenvalue weighted by molar-refractivity contribution is 7.10. The molecule has 0 spiro atoms. The van der Waals surface area contributed by atoms with E-state index < -0.39 is 6.03 Å². The Balaban J connectivity index is 1.87. The van der Waals surface area contributed by atoms with Crippen molar-refractivity contribution in [2.24, 2.45) is 0 Å². The minimum Gasteiger partial charge on any atom is -0.493 e. The van der Waals surface area contributed by atoms with Crippen LogP contribution in [0.1, 0.15) is 35.9 Å². The van der Waals surface area contributed by atoms with E-state index in [2.05, 4.69) is 21.6 Å². The highest BCUT2D eigenvalue weighted by Gasteiger charge is 2.32. The molecule has 2 N–H and O–H groups in total. The molecule has 0 bridgehead atoms. The van der Waals surface area contributed by atoms with Gasteiger partial charge in [0.05, 0.1) is 26.8 Å². The van der Waals surface area contributed by atoms with Gasteiger partial charge in [-0.25, -0.2) is 4.79 Å². The number of fused-ring (bicyclic) bond motifs is 1. The summed E-state index contributed by atoms with van der Waals surface area (Å²) in [4.78, 5) is 27.6. The Hall–Kier alpha value is -2.58. The van der Waals surface area contributed by atoms with Crippen molar-refractivity contribution in [2.75, 3.05) is 27.3 Å². The molecule has 0 saturated heterocycles. The van der Waals surface area contributed by atoms with Gasteiger partial charge in [-0.15, -0.1) is 11.3 Å². The van der Waals surface area contributed by atoms with Crippen LogP contribution in [-0.2, 0) is 11.2 Å². The van der Waals surface area contributed by atoms with E-state index in [1.54, 1.807) is 25.6 Å². The van der Waals surface area contributed by atoms with Crippen LogP contribution in [0.25, 0.3) is 0 Å². The first-order valence-corrected chi connectivity index (χ1v) is 10.4. The summed E-state index contributed by atoms with van der Waals surface area (Å²) in [5.74, 6) is 1.04. The summed E-state index contributed by atoms with van der Waals surface area (Å²) in [6.45, 7) is 4.52. The highest BCUT2D eigenvalue weighted by atomic mass is 32.1. The topological polar surface area (TPSA) is 79.9 Å². The third kappa shape index (κ3) is 4.89. The first-order valence-electron chi connectivity index (χ1n) is 9.55. The van der Waals surface area contributed by atoms with E-state index in [1.807, 2.05) is 37.4 Å². The van der Waals surface area contributed by atoms with Crippen molar-refractivity contribution in [3.8, 4) is 11.5 Å². The summed E-state index contributed by atoms with van der Waals surface area (Å²) in [6, 6.07) is 7.49. The van der Waals surface area contributed by atoms with Crippen LogP contribution in [0.5, 0.6) is 11.5 Å². The second kappa shape index (κ2) is 9.28. The molecule has 3 rings (SSSR count). The zero-order valence-corrected chi connectivity index (χ0v) is 18.0. The van der Waals surface area contributed by atoms with Gasteiger partial charge in [0.2, 0.25) is 5.91 Å². The Bertz CT molecular complexity index is 867. The molecule has 2 aromatic rings. The molecule has 0 unspecified atom stereocenters. The van der Waals surface area contributed by atoms with Crippen LogP contribution in [0.15, 0.2) is 29.6 Å². The van der Waals surface area contributed by atoms with Gasteiger partial charge in [0, 0.05) is 17.5 Å². The van der Waals surface area contributed by atoms with E-state index >= 15 is 0 Å². The maximum atomic E-state index is 12.5. The molecule has 2 heterocycles. The lowest BCUT2D eigenvalue weighted by Gasteiger charge is -2.36. The fourth-order valence-electron chi connectivity index (χ4n) is 3.60. The van der Waals surface area contributed by atoms with Crippen molar-refractivity contribution in [3.05, 3.63) is 45.6 Å². The molecule has 1 aromatic heterocycles. The number of thiophene rings is 1. The van der Waals surface area contributed by atoms with Crippen molar-refractivity contribution in [1.29, 1.82) is 0 Å². The number of ether oxygens (including phenoxy) is 2. The number of rotatable bonds is 6. The Labute approximate surface area is 175 Å². The molecule has 0 fully saturated rings. The Morgan fingerprint density at radius 1 is 1.24 bits per heavy atom. The quantitative estimate of drug-likeness (QED) is 0.755. The maximum absolute atomic E-state index is 12.5. The Morgan fingerprint density at radius 3 is 2.59 bits per heavy atom. The van der Waals surface area contributed by atoms with Gasteiger partial charge in [0.25, 0.3) is 0 Å². The summed E-state index contributed by atoms with van der Waals surface area (Å²) in [7, 11) is 3.24. The number of urea groups is 1. The molecule has 0 radical (unpaired) electrons. The lowest BCUT2D eigenvalue weighted by atomic mass is 9.91. The van der Waals surface area contributed by atoms with Crippen LogP contribution >= 0.6 is 11.3 Å². The Kier molecular flexibility index (Phi) is 6.76. The zero-order valence-electron chi connectivity index (χ0n) is 17.2. The lowest BCUT2D eigenvalue weighted by molar-refractivity contribution is -0.121. The molecule has 1 aliphatic heterocycles. The van der Waals surface area contributed by atoms with Gasteiger partial charge in [-0.05, 0) is 55.0 Å². The van der Waals surface area contributed by atoms with Gasteiger partial charge >= 0.3 is 6.03 Å². The molecule has 3 amide bonds. The van der Waals surface area contributed by atoms with E-state index in [1.165, 1.54) is 5.56 Å². The van der Waals surface area contributed by atoms with Crippen LogP contribution in [0.4, 0.5) is 4.79 Å². The van der Waals surface area contributed by atoms with Crippen molar-refractivity contribution in [1.82, 2.24) is 15.5 Å². The molecule has 7 nitrogen and oxygen atoms in total. The van der Waals surface area contributed by atoms with E-state index in [0.717, 1.165) is 16.9 Å². The standard InChI is InChI=1S/C21H27N3O4S/c1-13(2)22-21(26)23-19(25)12-24-8-7-14-10-16(27-3)17(28-4)11-15(14)20(24)18-6-5-9-29-18/h5-6,9-11,13,20H,7-8,12H2,1-4H3,(H2,22,23,25,26)/t20-/m1/s1. The van der Waals surface area contributed by atoms with Crippen LogP contribution in [0.3, 0.4) is 0 Å².